The van der Waals surface area contributed by atoms with Gasteiger partial charge in [-0.25, -0.2) is 4.68 Å². The number of nitrogens with zero attached hydrogens (tertiary/aromatic N) is 2. The van der Waals surface area contributed by atoms with Crippen LogP contribution in [0.25, 0.3) is 0 Å². The van der Waals surface area contributed by atoms with Crippen LogP contribution in [0.4, 0.5) is 19.0 Å². The normalized spacial score (nSPS) is 17.4. The minimum absolute atomic E-state index is 0.0247. The van der Waals surface area contributed by atoms with E-state index in [0.29, 0.717) is 12.1 Å². The largest absolute Gasteiger partial charge is 0.389 e. The highest BCUT2D eigenvalue weighted by Gasteiger charge is 2.31. The van der Waals surface area contributed by atoms with Crippen molar-refractivity contribution in [1.82, 2.24) is 15.1 Å². The van der Waals surface area contributed by atoms with Crippen molar-refractivity contribution in [3.8, 4) is 0 Å². The third-order valence-corrected chi connectivity index (χ3v) is 4.04. The molecule has 1 aliphatic rings. The van der Waals surface area contributed by atoms with E-state index in [-0.39, 0.29) is 48.0 Å². The second-order valence-corrected chi connectivity index (χ2v) is 6.54. The van der Waals surface area contributed by atoms with Gasteiger partial charge in [-0.1, -0.05) is 0 Å². The molecule has 24 heavy (non-hydrogen) atoms. The van der Waals surface area contributed by atoms with Gasteiger partial charge in [0.05, 0.1) is 11.4 Å². The standard InChI is InChI=1S/C14H19F3N4O2S/c1-8-6-9-11(13(23)18-8)12(19-10(22)7-24-2)21(20-9)5-3-4-14(15,16)17/h8H,3-7H2,1-2H3,(H,18,23)(H,19,22). The first-order chi connectivity index (χ1) is 11.2. The monoisotopic (exact) mass is 364 g/mol. The lowest BCUT2D eigenvalue weighted by Gasteiger charge is -2.19. The lowest BCUT2D eigenvalue weighted by atomic mass is 10.0. The summed E-state index contributed by atoms with van der Waals surface area (Å²) < 4.78 is 38.3. The fourth-order valence-electron chi connectivity index (χ4n) is 2.55. The molecule has 0 aromatic carbocycles. The Hall–Kier alpha value is -1.71. The molecule has 2 N–H and O–H groups in total. The van der Waals surface area contributed by atoms with Crippen LogP contribution in [0, 0.1) is 0 Å². The predicted octanol–water partition coefficient (Wildman–Crippen LogP) is 2.20. The van der Waals surface area contributed by atoms with E-state index in [1.807, 2.05) is 6.92 Å². The van der Waals surface area contributed by atoms with Gasteiger partial charge in [-0.2, -0.15) is 30.0 Å². The zero-order chi connectivity index (χ0) is 17.9. The van der Waals surface area contributed by atoms with Crippen molar-refractivity contribution in [2.75, 3.05) is 17.3 Å². The van der Waals surface area contributed by atoms with Crippen molar-refractivity contribution in [1.29, 1.82) is 0 Å². The van der Waals surface area contributed by atoms with Crippen molar-refractivity contribution in [3.05, 3.63) is 11.3 Å². The Morgan fingerprint density at radius 3 is 2.83 bits per heavy atom. The second-order valence-electron chi connectivity index (χ2n) is 5.67. The number of carbonyl (C=O) groups is 2. The van der Waals surface area contributed by atoms with E-state index in [2.05, 4.69) is 15.7 Å². The molecule has 1 atom stereocenters. The SMILES string of the molecule is CSCC(=O)Nc1c2c(nn1CCCC(F)(F)F)CC(C)NC2=O. The number of thioether (sulfide) groups is 1. The number of fused-ring (bicyclic) bond motifs is 1. The number of aromatic nitrogens is 2. The molecule has 0 aliphatic carbocycles. The average molecular weight is 364 g/mol. The summed E-state index contributed by atoms with van der Waals surface area (Å²) in [5.74, 6) is -0.338. The number of nitrogens with one attached hydrogen (secondary N) is 2. The number of hydrogen-bond donors (Lipinski definition) is 2. The van der Waals surface area contributed by atoms with Crippen molar-refractivity contribution in [2.45, 2.75) is 44.9 Å². The van der Waals surface area contributed by atoms with Gasteiger partial charge in [0.25, 0.3) is 5.91 Å². The van der Waals surface area contributed by atoms with Crippen LogP contribution in [0.5, 0.6) is 0 Å². The van der Waals surface area contributed by atoms with Crippen LogP contribution >= 0.6 is 11.8 Å². The van der Waals surface area contributed by atoms with Gasteiger partial charge in [0.1, 0.15) is 11.4 Å². The summed E-state index contributed by atoms with van der Waals surface area (Å²) in [6, 6.07) is -0.113. The summed E-state index contributed by atoms with van der Waals surface area (Å²) in [7, 11) is 0. The molecule has 2 rings (SSSR count). The molecule has 0 spiro atoms. The molecule has 0 fully saturated rings. The number of aryl methyl sites for hydroxylation is 1. The van der Waals surface area contributed by atoms with Gasteiger partial charge in [0, 0.05) is 25.4 Å². The molecule has 1 unspecified atom stereocenters. The Labute approximate surface area is 141 Å². The molecule has 2 heterocycles. The van der Waals surface area contributed by atoms with Crippen LogP contribution in [0.3, 0.4) is 0 Å². The number of anilines is 1. The van der Waals surface area contributed by atoms with Gasteiger partial charge in [0.15, 0.2) is 0 Å². The van der Waals surface area contributed by atoms with Gasteiger partial charge in [0.2, 0.25) is 5.91 Å². The topological polar surface area (TPSA) is 76.0 Å². The molecular formula is C14H19F3N4O2S. The molecule has 1 aromatic rings. The first kappa shape index (κ1) is 18.6. The van der Waals surface area contributed by atoms with Gasteiger partial charge in [-0.3, -0.25) is 9.59 Å². The molecule has 0 bridgehead atoms. The Balaban J connectivity index is 2.26. The van der Waals surface area contributed by atoms with Crippen molar-refractivity contribution in [2.24, 2.45) is 0 Å². The molecule has 0 saturated heterocycles. The molecule has 2 amide bonds. The average Bonchev–Trinajstić information content (AvgIpc) is 2.75. The molecule has 1 aliphatic heterocycles. The van der Waals surface area contributed by atoms with E-state index >= 15 is 0 Å². The van der Waals surface area contributed by atoms with Crippen LogP contribution in [0.15, 0.2) is 0 Å². The van der Waals surface area contributed by atoms with Gasteiger partial charge < -0.3 is 10.6 Å². The van der Waals surface area contributed by atoms with Crippen LogP contribution in [-0.4, -0.2) is 45.8 Å². The van der Waals surface area contributed by atoms with Crippen molar-refractivity contribution < 1.29 is 22.8 Å². The number of carbonyl (C=O) groups excluding carboxylic acids is 2. The summed E-state index contributed by atoms with van der Waals surface area (Å²) in [5, 5.41) is 9.61. The van der Waals surface area contributed by atoms with Gasteiger partial charge in [-0.15, -0.1) is 0 Å². The maximum absolute atomic E-state index is 12.3. The van der Waals surface area contributed by atoms with Crippen LogP contribution < -0.4 is 10.6 Å². The number of amides is 2. The second kappa shape index (κ2) is 7.45. The minimum Gasteiger partial charge on any atom is -0.349 e. The highest BCUT2D eigenvalue weighted by molar-refractivity contribution is 7.99. The van der Waals surface area contributed by atoms with Crippen LogP contribution in [0.1, 0.15) is 35.8 Å². The van der Waals surface area contributed by atoms with E-state index in [1.165, 1.54) is 16.4 Å². The highest BCUT2D eigenvalue weighted by Crippen LogP contribution is 2.27. The van der Waals surface area contributed by atoms with E-state index in [1.54, 1.807) is 6.26 Å². The van der Waals surface area contributed by atoms with Crippen molar-refractivity contribution >= 4 is 29.4 Å². The summed E-state index contributed by atoms with van der Waals surface area (Å²) in [4.78, 5) is 24.1. The Morgan fingerprint density at radius 1 is 1.50 bits per heavy atom. The third-order valence-electron chi connectivity index (χ3n) is 3.49. The van der Waals surface area contributed by atoms with E-state index in [4.69, 9.17) is 0 Å². The molecule has 0 radical (unpaired) electrons. The Morgan fingerprint density at radius 2 is 2.21 bits per heavy atom. The lowest BCUT2D eigenvalue weighted by molar-refractivity contribution is -0.136. The number of rotatable bonds is 6. The summed E-state index contributed by atoms with van der Waals surface area (Å²) >= 11 is 1.31. The fraction of sp³-hybridized carbons (Fsp3) is 0.643. The highest BCUT2D eigenvalue weighted by atomic mass is 32.2. The zero-order valence-corrected chi connectivity index (χ0v) is 14.2. The molecular weight excluding hydrogens is 345 g/mol. The van der Waals surface area contributed by atoms with Gasteiger partial charge >= 0.3 is 6.18 Å². The smallest absolute Gasteiger partial charge is 0.349 e. The lowest BCUT2D eigenvalue weighted by Crippen LogP contribution is -2.39. The Kier molecular flexibility index (Phi) is 5.79. The predicted molar refractivity (Wildman–Crippen MR) is 85.2 cm³/mol. The number of alkyl halides is 3. The van der Waals surface area contributed by atoms with E-state index in [0.717, 1.165) is 0 Å². The van der Waals surface area contributed by atoms with E-state index in [9.17, 15) is 22.8 Å². The first-order valence-corrected chi connectivity index (χ1v) is 8.86. The van der Waals surface area contributed by atoms with E-state index < -0.39 is 12.6 Å². The zero-order valence-electron chi connectivity index (χ0n) is 13.4. The summed E-state index contributed by atoms with van der Waals surface area (Å²) in [6.07, 6.45) is -3.14. The fourth-order valence-corrected chi connectivity index (χ4v) is 2.88. The summed E-state index contributed by atoms with van der Waals surface area (Å²) in [5.41, 5.74) is 0.743. The number of hydrogen-bond acceptors (Lipinski definition) is 4. The molecule has 0 saturated carbocycles. The molecule has 134 valence electrons. The molecule has 1 aromatic heterocycles. The van der Waals surface area contributed by atoms with Crippen LogP contribution in [-0.2, 0) is 17.8 Å². The van der Waals surface area contributed by atoms with Crippen LogP contribution in [0.2, 0.25) is 0 Å². The first-order valence-electron chi connectivity index (χ1n) is 7.47. The van der Waals surface area contributed by atoms with Crippen molar-refractivity contribution in [3.63, 3.8) is 0 Å². The quantitative estimate of drug-likeness (QED) is 0.811. The Bertz CT molecular complexity index is 630. The third kappa shape index (κ3) is 4.65. The van der Waals surface area contributed by atoms with Gasteiger partial charge in [-0.05, 0) is 19.6 Å². The minimum atomic E-state index is -4.25. The molecule has 10 heteroatoms. The maximum Gasteiger partial charge on any atom is 0.389 e. The number of halogens is 3. The maximum atomic E-state index is 12.3. The molecule has 6 nitrogen and oxygen atoms in total. The summed E-state index contributed by atoms with van der Waals surface area (Å²) in [6.45, 7) is 1.79.